The predicted molar refractivity (Wildman–Crippen MR) is 170 cm³/mol. The van der Waals surface area contributed by atoms with Crippen LogP contribution in [0.25, 0.3) is 0 Å². The monoisotopic (exact) mass is 726 g/mol. The normalized spacial score (nSPS) is 24.3. The average molecular weight is 727 g/mol. The summed E-state index contributed by atoms with van der Waals surface area (Å²) in [6.07, 6.45) is -1.31. The Morgan fingerprint density at radius 3 is 2.31 bits per heavy atom. The molecule has 6 rings (SSSR count). The number of carbonyl (C=O) groups is 1. The minimum Gasteiger partial charge on any atom is -0.489 e. The molecule has 2 fully saturated rings. The van der Waals surface area contributed by atoms with Gasteiger partial charge in [-0.05, 0) is 105 Å². The molecule has 1 saturated carbocycles. The van der Waals surface area contributed by atoms with E-state index in [1.807, 2.05) is 0 Å². The van der Waals surface area contributed by atoms with E-state index in [-0.39, 0.29) is 42.0 Å². The van der Waals surface area contributed by atoms with Gasteiger partial charge in [-0.15, -0.1) is 0 Å². The summed E-state index contributed by atoms with van der Waals surface area (Å²) >= 11 is 0. The van der Waals surface area contributed by atoms with E-state index in [1.54, 1.807) is 17.0 Å². The number of hydrogen-bond donors (Lipinski definition) is 1. The molecule has 0 spiro atoms. The van der Waals surface area contributed by atoms with Crippen LogP contribution in [-0.2, 0) is 48.6 Å². The van der Waals surface area contributed by atoms with Crippen molar-refractivity contribution < 1.29 is 48.3 Å². The first kappa shape index (κ1) is 35.3. The molecule has 0 radical (unpaired) electrons. The van der Waals surface area contributed by atoms with Crippen LogP contribution in [-0.4, -0.2) is 52.5 Å². The van der Waals surface area contributed by atoms with Gasteiger partial charge in [-0.25, -0.2) is 30.3 Å². The van der Waals surface area contributed by atoms with E-state index in [9.17, 15) is 43.6 Å². The van der Waals surface area contributed by atoms with Crippen LogP contribution in [0.15, 0.2) is 65.6 Å². The van der Waals surface area contributed by atoms with E-state index in [1.165, 1.54) is 18.2 Å². The first-order chi connectivity index (χ1) is 23.0. The van der Waals surface area contributed by atoms with E-state index < -0.39 is 72.1 Å². The van der Waals surface area contributed by atoms with Crippen molar-refractivity contribution >= 4 is 25.8 Å². The molecule has 0 aromatic heterocycles. The van der Waals surface area contributed by atoms with Gasteiger partial charge in [0.25, 0.3) is 0 Å². The van der Waals surface area contributed by atoms with Crippen molar-refractivity contribution in [1.29, 1.82) is 0 Å². The second-order valence-electron chi connectivity index (χ2n) is 13.0. The summed E-state index contributed by atoms with van der Waals surface area (Å²) in [7, 11) is -7.68. The maximum absolute atomic E-state index is 14.6. The fourth-order valence-corrected chi connectivity index (χ4v) is 11.0. The number of alkyl halides is 3. The van der Waals surface area contributed by atoms with Gasteiger partial charge in [0.1, 0.15) is 28.7 Å². The second-order valence-corrected chi connectivity index (χ2v) is 17.0. The first-order valence-corrected chi connectivity index (χ1v) is 19.3. The summed E-state index contributed by atoms with van der Waals surface area (Å²) in [5.41, 5.74) is -0.841. The van der Waals surface area contributed by atoms with Gasteiger partial charge in [-0.2, -0.15) is 13.2 Å². The molecule has 1 heterocycles. The van der Waals surface area contributed by atoms with Crippen LogP contribution in [0.2, 0.25) is 0 Å². The number of amides is 1. The lowest BCUT2D eigenvalue weighted by Gasteiger charge is -2.43. The number of likely N-dealkylation sites (tertiary alicyclic amines) is 1. The number of fused-ring (bicyclic) bond motifs is 3. The van der Waals surface area contributed by atoms with Gasteiger partial charge in [-0.3, -0.25) is 4.79 Å². The number of aryl methyl sites for hydroxylation is 1. The quantitative estimate of drug-likeness (QED) is 0.229. The molecule has 1 saturated heterocycles. The molecular formula is C34H35F5N2O6S2. The molecule has 49 heavy (non-hydrogen) atoms. The molecule has 0 bridgehead atoms. The number of sulfone groups is 1. The van der Waals surface area contributed by atoms with Crippen LogP contribution < -0.4 is 9.46 Å². The van der Waals surface area contributed by atoms with Gasteiger partial charge in [-0.1, -0.05) is 12.1 Å². The van der Waals surface area contributed by atoms with Gasteiger partial charge in [0, 0.05) is 24.1 Å². The smallest absolute Gasteiger partial charge is 0.416 e. The van der Waals surface area contributed by atoms with E-state index in [0.717, 1.165) is 36.6 Å². The number of sulfonamides is 1. The third-order valence-electron chi connectivity index (χ3n) is 10.0. The fourth-order valence-electron chi connectivity index (χ4n) is 7.80. The minimum absolute atomic E-state index is 0.0471. The van der Waals surface area contributed by atoms with Crippen molar-refractivity contribution in [2.24, 2.45) is 5.92 Å². The van der Waals surface area contributed by atoms with Crippen LogP contribution >= 0.6 is 0 Å². The van der Waals surface area contributed by atoms with Crippen LogP contribution in [0.3, 0.4) is 0 Å². The van der Waals surface area contributed by atoms with Gasteiger partial charge >= 0.3 is 6.18 Å². The highest BCUT2D eigenvalue weighted by atomic mass is 32.2. The fraction of sp³-hybridized carbons (Fsp3) is 0.441. The van der Waals surface area contributed by atoms with Gasteiger partial charge in [0.15, 0.2) is 9.84 Å². The van der Waals surface area contributed by atoms with Crippen molar-refractivity contribution in [1.82, 2.24) is 9.62 Å². The van der Waals surface area contributed by atoms with E-state index in [0.29, 0.717) is 43.2 Å². The Kier molecular flexibility index (Phi) is 9.33. The minimum atomic E-state index is -4.80. The maximum atomic E-state index is 14.6. The number of rotatable bonds is 8. The summed E-state index contributed by atoms with van der Waals surface area (Å²) in [5, 5.41) is 0. The number of hydrogen-bond acceptors (Lipinski definition) is 6. The number of halogens is 5. The Bertz CT molecular complexity index is 1960. The Balaban J connectivity index is 1.32. The Labute approximate surface area is 281 Å². The zero-order valence-electron chi connectivity index (χ0n) is 26.5. The molecule has 264 valence electrons. The third-order valence-corrected chi connectivity index (χ3v) is 13.3. The molecule has 3 aliphatic rings. The summed E-state index contributed by atoms with van der Waals surface area (Å²) in [6, 6.07) is 10.6. The maximum Gasteiger partial charge on any atom is 0.416 e. The second kappa shape index (κ2) is 13.0. The highest BCUT2D eigenvalue weighted by Gasteiger charge is 2.61. The van der Waals surface area contributed by atoms with Crippen LogP contribution in [0.1, 0.15) is 60.8 Å². The summed E-state index contributed by atoms with van der Waals surface area (Å²) in [4.78, 5) is 15.5. The number of carbonyl (C=O) groups excluding carboxylic acids is 1. The van der Waals surface area contributed by atoms with Gasteiger partial charge in [0.2, 0.25) is 15.9 Å². The summed E-state index contributed by atoms with van der Waals surface area (Å²) in [5.74, 6) is -2.19. The van der Waals surface area contributed by atoms with Crippen molar-refractivity contribution in [2.75, 3.05) is 12.8 Å². The Morgan fingerprint density at radius 2 is 1.65 bits per heavy atom. The molecule has 3 aromatic rings. The number of ether oxygens (including phenoxy) is 1. The molecule has 1 aliphatic heterocycles. The zero-order valence-corrected chi connectivity index (χ0v) is 28.1. The van der Waals surface area contributed by atoms with E-state index in [4.69, 9.17) is 4.74 Å². The number of nitrogens with zero attached hydrogens (tertiary/aromatic N) is 1. The molecule has 1 amide bonds. The molecule has 0 unspecified atom stereocenters. The molecule has 3 aromatic carbocycles. The first-order valence-electron chi connectivity index (χ1n) is 15.9. The van der Waals surface area contributed by atoms with Crippen molar-refractivity contribution in [3.63, 3.8) is 0 Å². The lowest BCUT2D eigenvalue weighted by atomic mass is 9.78. The molecular weight excluding hydrogens is 692 g/mol. The number of benzene rings is 3. The summed E-state index contributed by atoms with van der Waals surface area (Å²) in [6.45, 7) is -0.581. The topological polar surface area (TPSA) is 110 Å². The highest BCUT2D eigenvalue weighted by Crippen LogP contribution is 2.53. The number of nitrogens with one attached hydrogen (secondary N) is 1. The molecule has 15 heteroatoms. The van der Waals surface area contributed by atoms with Crippen LogP contribution in [0, 0.1) is 17.6 Å². The van der Waals surface area contributed by atoms with Crippen molar-refractivity contribution in [3.8, 4) is 5.75 Å². The van der Waals surface area contributed by atoms with Gasteiger partial charge < -0.3 is 9.64 Å². The Hall–Kier alpha value is -3.56. The lowest BCUT2D eigenvalue weighted by molar-refractivity contribution is -0.139. The van der Waals surface area contributed by atoms with Gasteiger partial charge in [0.05, 0.1) is 22.8 Å². The molecule has 2 atom stereocenters. The molecule has 2 aliphatic carbocycles. The van der Waals surface area contributed by atoms with Crippen molar-refractivity contribution in [2.45, 2.75) is 79.5 Å². The SMILES string of the molecule is CS(=O)(=O)N[C@H]1CC[C@H](C(=O)N2CC[C@@]3(S(=O)(=O)c4ccc(F)cc4)c4ccc(OCc5c(F)cccc5C(F)(F)F)cc4CC[C@@H]23)CC1. The largest absolute Gasteiger partial charge is 0.489 e. The average Bonchev–Trinajstić information content (AvgIpc) is 3.45. The van der Waals surface area contributed by atoms with E-state index in [2.05, 4.69) is 4.72 Å². The molecule has 8 nitrogen and oxygen atoms in total. The third kappa shape index (κ3) is 6.68. The van der Waals surface area contributed by atoms with Crippen LogP contribution in [0.5, 0.6) is 5.75 Å². The Morgan fingerprint density at radius 1 is 0.959 bits per heavy atom. The van der Waals surface area contributed by atoms with Crippen molar-refractivity contribution in [3.05, 3.63) is 94.6 Å². The zero-order chi connectivity index (χ0) is 35.4. The predicted octanol–water partition coefficient (Wildman–Crippen LogP) is 5.89. The lowest BCUT2D eigenvalue weighted by Crippen LogP contribution is -2.53. The van der Waals surface area contributed by atoms with E-state index >= 15 is 0 Å². The van der Waals surface area contributed by atoms with Crippen LogP contribution in [0.4, 0.5) is 22.0 Å². The summed E-state index contributed by atoms with van der Waals surface area (Å²) < 4.78 is 128. The molecule has 1 N–H and O–H groups in total. The standard InChI is InChI=1S/C34H35F5N2O6S2/c1-48(43,44)40-24-10-5-21(6-11-24)32(42)41-18-17-33(49(45,46)26-13-8-23(35)9-14-26)28-15-12-25(19-22(28)7-16-31(33)41)47-20-27-29(34(37,38)39)3-2-4-30(27)36/h2-4,8-9,12-15,19,21,24,31,40H,5-7,10-11,16-18,20H2,1H3/t21-,24-,31-,33-/m1/s1. The highest BCUT2D eigenvalue weighted by molar-refractivity contribution is 7.92.